The highest BCUT2D eigenvalue weighted by atomic mass is 15.1. The Kier molecular flexibility index (Phi) is 1.73. The van der Waals surface area contributed by atoms with E-state index in [2.05, 4.69) is 9.97 Å². The van der Waals surface area contributed by atoms with Crippen LogP contribution in [0.1, 0.15) is 5.82 Å². The number of imidazole rings is 1. The third kappa shape index (κ3) is 1.38. The van der Waals surface area contributed by atoms with Crippen LogP contribution in [0.5, 0.6) is 0 Å². The Balaban J connectivity index is 2.47. The third-order valence-corrected chi connectivity index (χ3v) is 1.84. The molecular weight excluding hydrogens is 164 g/mol. The van der Waals surface area contributed by atoms with Gasteiger partial charge in [-0.3, -0.25) is 4.57 Å². The molecule has 0 aliphatic carbocycles. The molecule has 0 atom stereocenters. The SMILES string of the molecule is Cc1nccn1-c1ccc(N)cn1. The van der Waals surface area contributed by atoms with E-state index in [9.17, 15) is 0 Å². The molecule has 2 aromatic rings. The number of anilines is 1. The zero-order chi connectivity index (χ0) is 9.26. The van der Waals surface area contributed by atoms with Crippen LogP contribution in [-0.2, 0) is 0 Å². The Hall–Kier alpha value is -1.84. The van der Waals surface area contributed by atoms with E-state index in [1.54, 1.807) is 12.4 Å². The quantitative estimate of drug-likeness (QED) is 0.705. The zero-order valence-corrected chi connectivity index (χ0v) is 7.31. The van der Waals surface area contributed by atoms with Crippen molar-refractivity contribution in [3.63, 3.8) is 0 Å². The van der Waals surface area contributed by atoms with Gasteiger partial charge in [0.15, 0.2) is 0 Å². The topological polar surface area (TPSA) is 56.7 Å². The first-order chi connectivity index (χ1) is 6.27. The number of hydrogen-bond donors (Lipinski definition) is 1. The molecule has 0 fully saturated rings. The number of nitrogens with two attached hydrogens (primary N) is 1. The van der Waals surface area contributed by atoms with Gasteiger partial charge in [0.2, 0.25) is 0 Å². The number of aromatic nitrogens is 3. The van der Waals surface area contributed by atoms with Crippen molar-refractivity contribution in [1.29, 1.82) is 0 Å². The van der Waals surface area contributed by atoms with Crippen molar-refractivity contribution in [2.45, 2.75) is 6.92 Å². The maximum absolute atomic E-state index is 5.53. The van der Waals surface area contributed by atoms with E-state index >= 15 is 0 Å². The fourth-order valence-electron chi connectivity index (χ4n) is 1.16. The molecule has 0 spiro atoms. The molecule has 2 N–H and O–H groups in total. The lowest BCUT2D eigenvalue weighted by Gasteiger charge is -2.02. The number of pyridine rings is 1. The van der Waals surface area contributed by atoms with Crippen molar-refractivity contribution >= 4 is 5.69 Å². The molecule has 66 valence electrons. The second kappa shape index (κ2) is 2.90. The monoisotopic (exact) mass is 174 g/mol. The molecule has 4 heteroatoms. The predicted octanol–water partition coefficient (Wildman–Crippen LogP) is 1.16. The largest absolute Gasteiger partial charge is 0.397 e. The number of rotatable bonds is 1. The molecule has 0 amide bonds. The molecule has 0 unspecified atom stereocenters. The van der Waals surface area contributed by atoms with Gasteiger partial charge in [-0.25, -0.2) is 9.97 Å². The maximum Gasteiger partial charge on any atom is 0.138 e. The maximum atomic E-state index is 5.53. The fourth-order valence-corrected chi connectivity index (χ4v) is 1.16. The van der Waals surface area contributed by atoms with Crippen molar-refractivity contribution < 1.29 is 0 Å². The van der Waals surface area contributed by atoms with Gasteiger partial charge in [-0.1, -0.05) is 0 Å². The first kappa shape index (κ1) is 7.79. The third-order valence-electron chi connectivity index (χ3n) is 1.84. The number of aryl methyl sites for hydroxylation is 1. The van der Waals surface area contributed by atoms with Gasteiger partial charge in [-0.15, -0.1) is 0 Å². The minimum absolute atomic E-state index is 0.668. The molecule has 0 radical (unpaired) electrons. The highest BCUT2D eigenvalue weighted by Crippen LogP contribution is 2.08. The second-order valence-electron chi connectivity index (χ2n) is 2.79. The minimum atomic E-state index is 0.668. The van der Waals surface area contributed by atoms with E-state index in [0.717, 1.165) is 11.6 Å². The van der Waals surface area contributed by atoms with Gasteiger partial charge in [-0.2, -0.15) is 0 Å². The van der Waals surface area contributed by atoms with Crippen molar-refractivity contribution in [3.05, 3.63) is 36.5 Å². The van der Waals surface area contributed by atoms with Crippen LogP contribution in [0, 0.1) is 6.92 Å². The van der Waals surface area contributed by atoms with Gasteiger partial charge in [0.25, 0.3) is 0 Å². The summed E-state index contributed by atoms with van der Waals surface area (Å²) in [6.45, 7) is 1.93. The zero-order valence-electron chi connectivity index (χ0n) is 7.31. The van der Waals surface area contributed by atoms with Crippen LogP contribution in [-0.4, -0.2) is 14.5 Å². The molecule has 2 heterocycles. The molecule has 2 aromatic heterocycles. The standard InChI is InChI=1S/C9H10N4/c1-7-11-4-5-13(7)9-3-2-8(10)6-12-9/h2-6H,10H2,1H3. The van der Waals surface area contributed by atoms with E-state index in [0.29, 0.717) is 5.69 Å². The van der Waals surface area contributed by atoms with Crippen LogP contribution in [0.2, 0.25) is 0 Å². The highest BCUT2D eigenvalue weighted by molar-refractivity contribution is 5.38. The predicted molar refractivity (Wildman–Crippen MR) is 50.5 cm³/mol. The Bertz CT molecular complexity index is 402. The summed E-state index contributed by atoms with van der Waals surface area (Å²) < 4.78 is 1.90. The lowest BCUT2D eigenvalue weighted by atomic mass is 10.4. The summed E-state index contributed by atoms with van der Waals surface area (Å²) in [5.41, 5.74) is 6.20. The summed E-state index contributed by atoms with van der Waals surface area (Å²) in [5.74, 6) is 1.75. The summed E-state index contributed by atoms with van der Waals surface area (Å²) in [5, 5.41) is 0. The van der Waals surface area contributed by atoms with Crippen molar-refractivity contribution in [2.24, 2.45) is 0 Å². The van der Waals surface area contributed by atoms with E-state index < -0.39 is 0 Å². The average molecular weight is 174 g/mol. The van der Waals surface area contributed by atoms with Crippen LogP contribution in [0.3, 0.4) is 0 Å². The van der Waals surface area contributed by atoms with E-state index in [1.807, 2.05) is 29.8 Å². The first-order valence-corrected chi connectivity index (χ1v) is 3.99. The fraction of sp³-hybridized carbons (Fsp3) is 0.111. The van der Waals surface area contributed by atoms with E-state index in [4.69, 9.17) is 5.73 Å². The molecule has 13 heavy (non-hydrogen) atoms. The Labute approximate surface area is 76.1 Å². The normalized spacial score (nSPS) is 10.2. The van der Waals surface area contributed by atoms with Crippen molar-refractivity contribution in [1.82, 2.24) is 14.5 Å². The van der Waals surface area contributed by atoms with Gasteiger partial charge < -0.3 is 5.73 Å². The smallest absolute Gasteiger partial charge is 0.138 e. The van der Waals surface area contributed by atoms with Crippen LogP contribution >= 0.6 is 0 Å². The van der Waals surface area contributed by atoms with Crippen LogP contribution in [0.15, 0.2) is 30.7 Å². The Morgan fingerprint density at radius 2 is 2.15 bits per heavy atom. The summed E-state index contributed by atoms with van der Waals surface area (Å²) in [7, 11) is 0. The molecule has 2 rings (SSSR count). The first-order valence-electron chi connectivity index (χ1n) is 3.99. The Morgan fingerprint density at radius 1 is 1.31 bits per heavy atom. The molecule has 0 saturated carbocycles. The van der Waals surface area contributed by atoms with Gasteiger partial charge in [-0.05, 0) is 19.1 Å². The van der Waals surface area contributed by atoms with Gasteiger partial charge in [0.05, 0.1) is 11.9 Å². The summed E-state index contributed by atoms with van der Waals surface area (Å²) in [6.07, 6.45) is 5.25. The second-order valence-corrected chi connectivity index (χ2v) is 2.79. The number of nitrogens with zero attached hydrogens (tertiary/aromatic N) is 3. The average Bonchev–Trinajstić information content (AvgIpc) is 2.53. The summed E-state index contributed by atoms with van der Waals surface area (Å²) in [4.78, 5) is 8.29. The minimum Gasteiger partial charge on any atom is -0.397 e. The van der Waals surface area contributed by atoms with Gasteiger partial charge in [0.1, 0.15) is 11.6 Å². The van der Waals surface area contributed by atoms with Gasteiger partial charge in [0, 0.05) is 12.4 Å². The van der Waals surface area contributed by atoms with Crippen molar-refractivity contribution in [3.8, 4) is 5.82 Å². The molecule has 0 saturated heterocycles. The molecular formula is C9H10N4. The van der Waals surface area contributed by atoms with Crippen LogP contribution in [0.25, 0.3) is 5.82 Å². The van der Waals surface area contributed by atoms with E-state index in [-0.39, 0.29) is 0 Å². The Morgan fingerprint density at radius 3 is 2.69 bits per heavy atom. The molecule has 4 nitrogen and oxygen atoms in total. The lowest BCUT2D eigenvalue weighted by Crippen LogP contribution is -1.98. The van der Waals surface area contributed by atoms with Crippen molar-refractivity contribution in [2.75, 3.05) is 5.73 Å². The molecule has 0 aromatic carbocycles. The van der Waals surface area contributed by atoms with Crippen LogP contribution < -0.4 is 5.73 Å². The highest BCUT2D eigenvalue weighted by Gasteiger charge is 1.99. The molecule has 0 bridgehead atoms. The molecule has 0 aliphatic heterocycles. The summed E-state index contributed by atoms with van der Waals surface area (Å²) in [6, 6.07) is 3.69. The van der Waals surface area contributed by atoms with E-state index in [1.165, 1.54) is 0 Å². The van der Waals surface area contributed by atoms with Crippen LogP contribution in [0.4, 0.5) is 5.69 Å². The number of nitrogen functional groups attached to an aromatic ring is 1. The van der Waals surface area contributed by atoms with Gasteiger partial charge >= 0.3 is 0 Å². The summed E-state index contributed by atoms with van der Waals surface area (Å²) >= 11 is 0. The lowest BCUT2D eigenvalue weighted by molar-refractivity contribution is 0.933. The number of hydrogen-bond acceptors (Lipinski definition) is 3. The molecule has 0 aliphatic rings.